The predicted molar refractivity (Wildman–Crippen MR) is 69.5 cm³/mol. The van der Waals surface area contributed by atoms with Crippen LogP contribution in [-0.4, -0.2) is 4.98 Å². The lowest BCUT2D eigenvalue weighted by atomic mass is 10.3. The van der Waals surface area contributed by atoms with Crippen molar-refractivity contribution in [2.75, 3.05) is 5.32 Å². The van der Waals surface area contributed by atoms with Gasteiger partial charge in [0, 0.05) is 17.0 Å². The van der Waals surface area contributed by atoms with Crippen LogP contribution in [0.5, 0.6) is 0 Å². The highest BCUT2D eigenvalue weighted by Gasteiger charge is 2.09. The number of nitrogens with zero attached hydrogens (tertiary/aromatic N) is 1. The number of furan rings is 1. The Morgan fingerprint density at radius 2 is 2.11 bits per heavy atom. The van der Waals surface area contributed by atoms with Gasteiger partial charge in [-0.1, -0.05) is 0 Å². The Bertz CT molecular complexity index is 694. The maximum Gasteiger partial charge on any atom is 0.187 e. The summed E-state index contributed by atoms with van der Waals surface area (Å²) in [6, 6.07) is 5.01. The van der Waals surface area contributed by atoms with Crippen molar-refractivity contribution in [3.63, 3.8) is 0 Å². The smallest absolute Gasteiger partial charge is 0.187 e. The van der Waals surface area contributed by atoms with E-state index in [0.717, 1.165) is 29.5 Å². The SMILES string of the molecule is Fc1ccc(F)c(Nc2nc(-c3ccoc3)cs2)c1. The minimum atomic E-state index is -0.526. The van der Waals surface area contributed by atoms with E-state index in [2.05, 4.69) is 10.3 Å². The molecule has 3 rings (SSSR count). The number of nitrogens with one attached hydrogen (secondary N) is 1. The third-order valence-corrected chi connectivity index (χ3v) is 3.25. The topological polar surface area (TPSA) is 38.1 Å². The summed E-state index contributed by atoms with van der Waals surface area (Å²) in [5.74, 6) is -1.03. The molecule has 0 aliphatic carbocycles. The normalized spacial score (nSPS) is 10.6. The summed E-state index contributed by atoms with van der Waals surface area (Å²) < 4.78 is 31.5. The molecule has 1 aromatic carbocycles. The van der Waals surface area contributed by atoms with Crippen LogP contribution < -0.4 is 5.32 Å². The van der Waals surface area contributed by atoms with Crippen LogP contribution in [0.1, 0.15) is 0 Å². The molecule has 0 bridgehead atoms. The van der Waals surface area contributed by atoms with Gasteiger partial charge >= 0.3 is 0 Å². The number of hydrogen-bond donors (Lipinski definition) is 1. The molecule has 0 saturated heterocycles. The van der Waals surface area contributed by atoms with E-state index in [1.54, 1.807) is 18.6 Å². The summed E-state index contributed by atoms with van der Waals surface area (Å²) in [5, 5.41) is 5.05. The minimum absolute atomic E-state index is 0.0630. The predicted octanol–water partition coefficient (Wildman–Crippen LogP) is 4.42. The highest BCUT2D eigenvalue weighted by atomic mass is 32.1. The zero-order chi connectivity index (χ0) is 13.2. The van der Waals surface area contributed by atoms with Crippen molar-refractivity contribution in [2.45, 2.75) is 0 Å². The standard InChI is InChI=1S/C13H8F2N2OS/c14-9-1-2-10(15)11(5-9)16-13-17-12(7-19-13)8-3-4-18-6-8/h1-7H,(H,16,17). The largest absolute Gasteiger partial charge is 0.472 e. The van der Waals surface area contributed by atoms with Gasteiger partial charge in [-0.25, -0.2) is 13.8 Å². The van der Waals surface area contributed by atoms with Gasteiger partial charge in [-0.3, -0.25) is 0 Å². The van der Waals surface area contributed by atoms with Gasteiger partial charge in [0.15, 0.2) is 5.13 Å². The Kier molecular flexibility index (Phi) is 3.00. The number of hydrogen-bond acceptors (Lipinski definition) is 4. The summed E-state index contributed by atoms with van der Waals surface area (Å²) >= 11 is 1.30. The van der Waals surface area contributed by atoms with Crippen molar-refractivity contribution >= 4 is 22.2 Å². The number of anilines is 2. The third kappa shape index (κ3) is 2.48. The molecular formula is C13H8F2N2OS. The van der Waals surface area contributed by atoms with Gasteiger partial charge in [0.2, 0.25) is 0 Å². The molecule has 2 aromatic heterocycles. The van der Waals surface area contributed by atoms with E-state index in [1.807, 2.05) is 5.38 Å². The van der Waals surface area contributed by atoms with Crippen molar-refractivity contribution in [3.05, 3.63) is 53.8 Å². The molecule has 3 nitrogen and oxygen atoms in total. The van der Waals surface area contributed by atoms with E-state index in [4.69, 9.17) is 4.42 Å². The average Bonchev–Trinajstić information content (AvgIpc) is 3.04. The summed E-state index contributed by atoms with van der Waals surface area (Å²) in [4.78, 5) is 4.28. The van der Waals surface area contributed by atoms with Gasteiger partial charge in [-0.2, -0.15) is 0 Å². The van der Waals surface area contributed by atoms with Crippen LogP contribution >= 0.6 is 11.3 Å². The van der Waals surface area contributed by atoms with E-state index in [-0.39, 0.29) is 5.69 Å². The fourth-order valence-corrected chi connectivity index (χ4v) is 2.31. The first-order valence-corrected chi connectivity index (χ1v) is 6.30. The first kappa shape index (κ1) is 11.9. The van der Waals surface area contributed by atoms with E-state index < -0.39 is 11.6 Å². The Hall–Kier alpha value is -2.21. The maximum absolute atomic E-state index is 13.5. The Morgan fingerprint density at radius 3 is 2.89 bits per heavy atom. The van der Waals surface area contributed by atoms with Crippen LogP contribution in [0.15, 0.2) is 46.6 Å². The van der Waals surface area contributed by atoms with Gasteiger partial charge < -0.3 is 9.73 Å². The second kappa shape index (κ2) is 4.81. The Morgan fingerprint density at radius 1 is 1.21 bits per heavy atom. The van der Waals surface area contributed by atoms with Gasteiger partial charge in [0.05, 0.1) is 23.9 Å². The molecule has 19 heavy (non-hydrogen) atoms. The van der Waals surface area contributed by atoms with Crippen molar-refractivity contribution in [1.82, 2.24) is 4.98 Å². The first-order valence-electron chi connectivity index (χ1n) is 5.42. The first-order chi connectivity index (χ1) is 9.22. The van der Waals surface area contributed by atoms with E-state index >= 15 is 0 Å². The number of aromatic nitrogens is 1. The highest BCUT2D eigenvalue weighted by molar-refractivity contribution is 7.14. The monoisotopic (exact) mass is 278 g/mol. The quantitative estimate of drug-likeness (QED) is 0.770. The molecule has 0 fully saturated rings. The molecule has 2 heterocycles. The van der Waals surface area contributed by atoms with Crippen molar-refractivity contribution < 1.29 is 13.2 Å². The fraction of sp³-hybridized carbons (Fsp3) is 0. The second-order valence-corrected chi connectivity index (χ2v) is 4.66. The number of rotatable bonds is 3. The molecule has 1 N–H and O–H groups in total. The Balaban J connectivity index is 1.86. The zero-order valence-corrected chi connectivity index (χ0v) is 10.4. The molecule has 0 aliphatic heterocycles. The van der Waals surface area contributed by atoms with Crippen molar-refractivity contribution in [1.29, 1.82) is 0 Å². The van der Waals surface area contributed by atoms with E-state index in [0.29, 0.717) is 5.13 Å². The molecular weight excluding hydrogens is 270 g/mol. The lowest BCUT2D eigenvalue weighted by molar-refractivity contribution is 0.568. The van der Waals surface area contributed by atoms with Crippen LogP contribution in [-0.2, 0) is 0 Å². The summed E-state index contributed by atoms with van der Waals surface area (Å²) in [7, 11) is 0. The molecule has 0 atom stereocenters. The van der Waals surface area contributed by atoms with Crippen LogP contribution in [0.25, 0.3) is 11.3 Å². The van der Waals surface area contributed by atoms with Crippen LogP contribution in [0.2, 0.25) is 0 Å². The van der Waals surface area contributed by atoms with Crippen LogP contribution in [0, 0.1) is 11.6 Å². The lowest BCUT2D eigenvalue weighted by Crippen LogP contribution is -1.94. The molecule has 6 heteroatoms. The third-order valence-electron chi connectivity index (χ3n) is 2.49. The van der Waals surface area contributed by atoms with Gasteiger partial charge in [-0.15, -0.1) is 11.3 Å². The molecule has 3 aromatic rings. The van der Waals surface area contributed by atoms with Crippen LogP contribution in [0.4, 0.5) is 19.6 Å². The maximum atomic E-state index is 13.5. The van der Waals surface area contributed by atoms with Gasteiger partial charge in [0.25, 0.3) is 0 Å². The highest BCUT2D eigenvalue weighted by Crippen LogP contribution is 2.28. The lowest BCUT2D eigenvalue weighted by Gasteiger charge is -2.03. The van der Waals surface area contributed by atoms with E-state index in [9.17, 15) is 8.78 Å². The second-order valence-electron chi connectivity index (χ2n) is 3.80. The summed E-state index contributed by atoms with van der Waals surface area (Å²) in [6.45, 7) is 0. The molecule has 96 valence electrons. The molecule has 0 saturated carbocycles. The van der Waals surface area contributed by atoms with Crippen molar-refractivity contribution in [3.8, 4) is 11.3 Å². The zero-order valence-electron chi connectivity index (χ0n) is 9.56. The number of thiazole rings is 1. The molecule has 0 radical (unpaired) electrons. The van der Waals surface area contributed by atoms with E-state index in [1.165, 1.54) is 11.3 Å². The number of benzene rings is 1. The van der Waals surface area contributed by atoms with Gasteiger partial charge in [-0.05, 0) is 18.2 Å². The van der Waals surface area contributed by atoms with Crippen molar-refractivity contribution in [2.24, 2.45) is 0 Å². The fourth-order valence-electron chi connectivity index (χ4n) is 1.58. The summed E-state index contributed by atoms with van der Waals surface area (Å²) in [6.07, 6.45) is 3.12. The minimum Gasteiger partial charge on any atom is -0.472 e. The van der Waals surface area contributed by atoms with Gasteiger partial charge in [0.1, 0.15) is 11.6 Å². The number of halogens is 2. The average molecular weight is 278 g/mol. The summed E-state index contributed by atoms with van der Waals surface area (Å²) in [5.41, 5.74) is 1.62. The molecule has 0 spiro atoms. The molecule has 0 amide bonds. The molecule has 0 aliphatic rings. The molecule has 0 unspecified atom stereocenters. The van der Waals surface area contributed by atoms with Crippen LogP contribution in [0.3, 0.4) is 0 Å². The Labute approximate surface area is 111 Å².